The smallest absolute Gasteiger partial charge is 0.191 e. The maximum atomic E-state index is 5.86. The third-order valence-corrected chi connectivity index (χ3v) is 3.99. The summed E-state index contributed by atoms with van der Waals surface area (Å²) in [5.41, 5.74) is 2.46. The fraction of sp³-hybridized carbons (Fsp3) is 0.429. The lowest BCUT2D eigenvalue weighted by molar-refractivity contribution is 0.321. The van der Waals surface area contributed by atoms with Crippen molar-refractivity contribution in [3.05, 3.63) is 59.9 Å². The van der Waals surface area contributed by atoms with Crippen LogP contribution in [0.2, 0.25) is 0 Å². The molecule has 1 aromatic heterocycles. The number of halogens is 1. The molecule has 0 saturated carbocycles. The fourth-order valence-corrected chi connectivity index (χ4v) is 2.47. The topological polar surface area (TPSA) is 58.5 Å². The zero-order valence-electron chi connectivity index (χ0n) is 16.7. The Balaban J connectivity index is 0.00000364. The summed E-state index contributed by atoms with van der Waals surface area (Å²) in [6.07, 6.45) is 2.67. The van der Waals surface area contributed by atoms with Crippen LogP contribution in [0.3, 0.4) is 0 Å². The van der Waals surface area contributed by atoms with Gasteiger partial charge in [0.2, 0.25) is 0 Å². The van der Waals surface area contributed by atoms with Crippen LogP contribution in [0, 0.1) is 0 Å². The van der Waals surface area contributed by atoms with E-state index in [1.807, 2.05) is 36.5 Å². The zero-order valence-corrected chi connectivity index (χ0v) is 19.0. The molecular weight excluding hydrogens is 451 g/mol. The SMILES string of the molecule is CN=C(NCCOc1cccc(C(C)(C)C)c1)NCCc1ccccn1.I. The lowest BCUT2D eigenvalue weighted by Gasteiger charge is -2.20. The highest BCUT2D eigenvalue weighted by atomic mass is 127. The summed E-state index contributed by atoms with van der Waals surface area (Å²) < 4.78 is 5.86. The van der Waals surface area contributed by atoms with Crippen molar-refractivity contribution >= 4 is 29.9 Å². The minimum Gasteiger partial charge on any atom is -0.492 e. The van der Waals surface area contributed by atoms with E-state index in [0.29, 0.717) is 13.2 Å². The number of hydrogen-bond donors (Lipinski definition) is 2. The van der Waals surface area contributed by atoms with Gasteiger partial charge in [-0.3, -0.25) is 9.98 Å². The standard InChI is InChI=1S/C21H30N4O.HI/c1-21(2,3)17-8-7-10-19(16-17)26-15-14-25-20(22-4)24-13-11-18-9-5-6-12-23-18;/h5-10,12,16H,11,13-15H2,1-4H3,(H2,22,24,25);1H. The fourth-order valence-electron chi connectivity index (χ4n) is 2.47. The Bertz CT molecular complexity index is 699. The number of benzene rings is 1. The summed E-state index contributed by atoms with van der Waals surface area (Å²) >= 11 is 0. The van der Waals surface area contributed by atoms with Gasteiger partial charge in [-0.1, -0.05) is 39.0 Å². The van der Waals surface area contributed by atoms with E-state index >= 15 is 0 Å². The van der Waals surface area contributed by atoms with E-state index < -0.39 is 0 Å². The van der Waals surface area contributed by atoms with Crippen molar-refractivity contribution < 1.29 is 4.74 Å². The zero-order chi connectivity index (χ0) is 18.8. The van der Waals surface area contributed by atoms with Crippen molar-refractivity contribution in [2.24, 2.45) is 4.99 Å². The van der Waals surface area contributed by atoms with Gasteiger partial charge in [-0.2, -0.15) is 0 Å². The van der Waals surface area contributed by atoms with E-state index in [9.17, 15) is 0 Å². The van der Waals surface area contributed by atoms with Crippen molar-refractivity contribution in [2.75, 3.05) is 26.7 Å². The molecule has 2 rings (SSSR count). The largest absolute Gasteiger partial charge is 0.492 e. The first-order chi connectivity index (χ1) is 12.5. The number of guanidine groups is 1. The van der Waals surface area contributed by atoms with Crippen LogP contribution >= 0.6 is 24.0 Å². The number of hydrogen-bond acceptors (Lipinski definition) is 3. The van der Waals surface area contributed by atoms with E-state index in [1.54, 1.807) is 7.05 Å². The van der Waals surface area contributed by atoms with E-state index in [-0.39, 0.29) is 29.4 Å². The highest BCUT2D eigenvalue weighted by Gasteiger charge is 2.13. The normalized spacial score (nSPS) is 11.5. The maximum Gasteiger partial charge on any atom is 0.191 e. The molecular formula is C21H31IN4O. The Morgan fingerprint density at radius 2 is 1.85 bits per heavy atom. The van der Waals surface area contributed by atoms with E-state index in [0.717, 1.165) is 30.4 Å². The van der Waals surface area contributed by atoms with Crippen LogP contribution in [-0.4, -0.2) is 37.7 Å². The van der Waals surface area contributed by atoms with Crippen LogP contribution in [0.25, 0.3) is 0 Å². The van der Waals surface area contributed by atoms with Crippen LogP contribution in [0.5, 0.6) is 5.75 Å². The third kappa shape index (κ3) is 8.60. The van der Waals surface area contributed by atoms with Crippen LogP contribution in [-0.2, 0) is 11.8 Å². The predicted octanol–water partition coefficient (Wildman–Crippen LogP) is 3.78. The van der Waals surface area contributed by atoms with Gasteiger partial charge in [0, 0.05) is 31.9 Å². The van der Waals surface area contributed by atoms with E-state index in [2.05, 4.69) is 53.5 Å². The predicted molar refractivity (Wildman–Crippen MR) is 123 cm³/mol. The molecule has 6 heteroatoms. The Kier molecular flexibility index (Phi) is 10.1. The van der Waals surface area contributed by atoms with Gasteiger partial charge >= 0.3 is 0 Å². The highest BCUT2D eigenvalue weighted by Crippen LogP contribution is 2.25. The minimum atomic E-state index is 0. The minimum absolute atomic E-state index is 0. The summed E-state index contributed by atoms with van der Waals surface area (Å²) in [5.74, 6) is 1.67. The molecule has 0 unspecified atom stereocenters. The second kappa shape index (κ2) is 11.8. The molecule has 27 heavy (non-hydrogen) atoms. The van der Waals surface area contributed by atoms with Crippen molar-refractivity contribution in [3.63, 3.8) is 0 Å². The van der Waals surface area contributed by atoms with Gasteiger partial charge in [0.1, 0.15) is 12.4 Å². The second-order valence-corrected chi connectivity index (χ2v) is 7.12. The van der Waals surface area contributed by atoms with Gasteiger partial charge in [-0.25, -0.2) is 0 Å². The molecule has 0 amide bonds. The van der Waals surface area contributed by atoms with Gasteiger partial charge < -0.3 is 15.4 Å². The summed E-state index contributed by atoms with van der Waals surface area (Å²) in [5, 5.41) is 6.55. The summed E-state index contributed by atoms with van der Waals surface area (Å²) in [7, 11) is 1.77. The molecule has 0 atom stereocenters. The molecule has 0 radical (unpaired) electrons. The number of aliphatic imine (C=N–C) groups is 1. The molecule has 1 aromatic carbocycles. The van der Waals surface area contributed by atoms with Gasteiger partial charge in [-0.05, 0) is 35.2 Å². The molecule has 148 valence electrons. The van der Waals surface area contributed by atoms with Gasteiger partial charge in [0.05, 0.1) is 6.54 Å². The first-order valence-electron chi connectivity index (χ1n) is 9.07. The average Bonchev–Trinajstić information content (AvgIpc) is 2.64. The van der Waals surface area contributed by atoms with Gasteiger partial charge in [0.15, 0.2) is 5.96 Å². The summed E-state index contributed by atoms with van der Waals surface area (Å²) in [6, 6.07) is 14.2. The van der Waals surface area contributed by atoms with Crippen LogP contribution in [0.4, 0.5) is 0 Å². The Hall–Kier alpha value is -1.83. The highest BCUT2D eigenvalue weighted by molar-refractivity contribution is 14.0. The van der Waals surface area contributed by atoms with Gasteiger partial charge in [-0.15, -0.1) is 24.0 Å². The number of aromatic nitrogens is 1. The van der Waals surface area contributed by atoms with Crippen LogP contribution in [0.1, 0.15) is 32.0 Å². The second-order valence-electron chi connectivity index (χ2n) is 7.12. The first-order valence-corrected chi connectivity index (χ1v) is 9.07. The molecule has 2 aromatic rings. The quantitative estimate of drug-likeness (QED) is 0.273. The lowest BCUT2D eigenvalue weighted by Crippen LogP contribution is -2.40. The summed E-state index contributed by atoms with van der Waals surface area (Å²) in [6.45, 7) is 8.65. The summed E-state index contributed by atoms with van der Waals surface area (Å²) in [4.78, 5) is 8.54. The van der Waals surface area contributed by atoms with Crippen molar-refractivity contribution in [1.29, 1.82) is 0 Å². The van der Waals surface area contributed by atoms with Crippen molar-refractivity contribution in [3.8, 4) is 5.75 Å². The van der Waals surface area contributed by atoms with Crippen molar-refractivity contribution in [1.82, 2.24) is 15.6 Å². The number of pyridine rings is 1. The molecule has 0 aliphatic carbocycles. The molecule has 1 heterocycles. The molecule has 5 nitrogen and oxygen atoms in total. The van der Waals surface area contributed by atoms with Gasteiger partial charge in [0.25, 0.3) is 0 Å². The van der Waals surface area contributed by atoms with E-state index in [1.165, 1.54) is 5.56 Å². The Morgan fingerprint density at radius 1 is 1.07 bits per heavy atom. The number of nitrogens with zero attached hydrogens (tertiary/aromatic N) is 2. The molecule has 2 N–H and O–H groups in total. The number of ether oxygens (including phenoxy) is 1. The van der Waals surface area contributed by atoms with Crippen molar-refractivity contribution in [2.45, 2.75) is 32.6 Å². The van der Waals surface area contributed by atoms with Crippen LogP contribution < -0.4 is 15.4 Å². The van der Waals surface area contributed by atoms with Crippen LogP contribution in [0.15, 0.2) is 53.7 Å². The Morgan fingerprint density at radius 3 is 2.52 bits per heavy atom. The molecule has 0 fully saturated rings. The number of nitrogens with one attached hydrogen (secondary N) is 2. The lowest BCUT2D eigenvalue weighted by atomic mass is 9.87. The average molecular weight is 482 g/mol. The molecule has 0 bridgehead atoms. The van der Waals surface area contributed by atoms with E-state index in [4.69, 9.17) is 4.74 Å². The first kappa shape index (κ1) is 23.2. The Labute approximate surface area is 180 Å². The molecule has 0 aliphatic heterocycles. The molecule has 0 saturated heterocycles. The molecule has 0 aliphatic rings. The number of rotatable bonds is 7. The maximum absolute atomic E-state index is 5.86. The monoisotopic (exact) mass is 482 g/mol. The molecule has 0 spiro atoms. The third-order valence-electron chi connectivity index (χ3n) is 3.99.